The summed E-state index contributed by atoms with van der Waals surface area (Å²) in [6.45, 7) is 2.31. The molecule has 0 bridgehead atoms. The molecule has 2 aromatic carbocycles. The standard InChI is InChI=1S/C21H25N3O3/c1-27-14-15-6-5-7-17(12-15)21(26)23-18-13-16(20(22)25)8-9-19(18)24-10-3-2-4-11-24/h5-9,12-13H,2-4,10-11,14H2,1H3,(H2,22,25)(H,23,26). The molecule has 1 saturated heterocycles. The number of ether oxygens (including phenoxy) is 1. The molecule has 0 spiro atoms. The number of anilines is 2. The first kappa shape index (κ1) is 18.9. The van der Waals surface area contributed by atoms with Gasteiger partial charge in [0, 0.05) is 31.3 Å². The maximum absolute atomic E-state index is 12.8. The summed E-state index contributed by atoms with van der Waals surface area (Å²) < 4.78 is 5.13. The number of carbonyl (C=O) groups is 2. The van der Waals surface area contributed by atoms with E-state index in [-0.39, 0.29) is 5.91 Å². The lowest BCUT2D eigenvalue weighted by molar-refractivity contribution is 0.0996. The molecule has 0 saturated carbocycles. The molecule has 2 aromatic rings. The van der Waals surface area contributed by atoms with Gasteiger partial charge < -0.3 is 20.7 Å². The van der Waals surface area contributed by atoms with E-state index in [1.807, 2.05) is 18.2 Å². The highest BCUT2D eigenvalue weighted by molar-refractivity contribution is 6.07. The van der Waals surface area contributed by atoms with Crippen molar-refractivity contribution in [2.75, 3.05) is 30.4 Å². The first-order valence-electron chi connectivity index (χ1n) is 9.16. The van der Waals surface area contributed by atoms with E-state index in [9.17, 15) is 9.59 Å². The zero-order valence-corrected chi connectivity index (χ0v) is 15.5. The fraction of sp³-hybridized carbons (Fsp3) is 0.333. The lowest BCUT2D eigenvalue weighted by atomic mass is 10.1. The number of hydrogen-bond acceptors (Lipinski definition) is 4. The molecule has 1 aliphatic rings. The average Bonchev–Trinajstić information content (AvgIpc) is 2.69. The number of primary amides is 1. The molecule has 1 heterocycles. The molecule has 6 nitrogen and oxygen atoms in total. The van der Waals surface area contributed by atoms with Crippen LogP contribution in [0, 0.1) is 0 Å². The van der Waals surface area contributed by atoms with Crippen LogP contribution in [-0.4, -0.2) is 32.0 Å². The van der Waals surface area contributed by atoms with E-state index in [2.05, 4.69) is 10.2 Å². The quantitative estimate of drug-likeness (QED) is 0.821. The van der Waals surface area contributed by atoms with Gasteiger partial charge in [-0.15, -0.1) is 0 Å². The van der Waals surface area contributed by atoms with E-state index in [4.69, 9.17) is 10.5 Å². The maximum atomic E-state index is 12.8. The molecule has 27 heavy (non-hydrogen) atoms. The van der Waals surface area contributed by atoms with Crippen LogP contribution in [0.5, 0.6) is 0 Å². The second-order valence-corrected chi connectivity index (χ2v) is 6.73. The number of nitrogens with zero attached hydrogens (tertiary/aromatic N) is 1. The number of benzene rings is 2. The molecule has 142 valence electrons. The summed E-state index contributed by atoms with van der Waals surface area (Å²) in [6.07, 6.45) is 3.44. The molecule has 0 radical (unpaired) electrons. The van der Waals surface area contributed by atoms with Crippen LogP contribution in [0.15, 0.2) is 42.5 Å². The second kappa shape index (κ2) is 8.68. The van der Waals surface area contributed by atoms with Crippen molar-refractivity contribution in [2.24, 2.45) is 5.73 Å². The summed E-state index contributed by atoms with van der Waals surface area (Å²) in [4.78, 5) is 26.6. The number of amides is 2. The van der Waals surface area contributed by atoms with Gasteiger partial charge in [0.05, 0.1) is 18.0 Å². The van der Waals surface area contributed by atoms with Gasteiger partial charge in [0.15, 0.2) is 0 Å². The van der Waals surface area contributed by atoms with Crippen molar-refractivity contribution < 1.29 is 14.3 Å². The van der Waals surface area contributed by atoms with Crippen LogP contribution in [0.1, 0.15) is 45.5 Å². The Labute approximate surface area is 159 Å². The highest BCUT2D eigenvalue weighted by Crippen LogP contribution is 2.30. The van der Waals surface area contributed by atoms with Crippen molar-refractivity contribution in [3.8, 4) is 0 Å². The summed E-state index contributed by atoms with van der Waals surface area (Å²) in [6, 6.07) is 12.5. The number of carbonyl (C=O) groups excluding carboxylic acids is 2. The van der Waals surface area contributed by atoms with Gasteiger partial charge in [-0.2, -0.15) is 0 Å². The summed E-state index contributed by atoms with van der Waals surface area (Å²) in [7, 11) is 1.62. The van der Waals surface area contributed by atoms with Crippen LogP contribution in [0.3, 0.4) is 0 Å². The van der Waals surface area contributed by atoms with Crippen molar-refractivity contribution >= 4 is 23.2 Å². The first-order chi connectivity index (χ1) is 13.1. The molecule has 1 fully saturated rings. The van der Waals surface area contributed by atoms with E-state index in [1.54, 1.807) is 31.4 Å². The molecule has 3 N–H and O–H groups in total. The maximum Gasteiger partial charge on any atom is 0.255 e. The third-order valence-electron chi connectivity index (χ3n) is 4.73. The lowest BCUT2D eigenvalue weighted by Gasteiger charge is -2.30. The topological polar surface area (TPSA) is 84.7 Å². The van der Waals surface area contributed by atoms with Crippen LogP contribution >= 0.6 is 0 Å². The molecule has 0 aliphatic carbocycles. The molecule has 2 amide bonds. The van der Waals surface area contributed by atoms with Crippen LogP contribution < -0.4 is 16.0 Å². The molecular weight excluding hydrogens is 342 g/mol. The van der Waals surface area contributed by atoms with Crippen molar-refractivity contribution in [3.63, 3.8) is 0 Å². The van der Waals surface area contributed by atoms with Crippen molar-refractivity contribution in [3.05, 3.63) is 59.2 Å². The molecule has 0 aromatic heterocycles. The minimum Gasteiger partial charge on any atom is -0.380 e. The molecule has 0 unspecified atom stereocenters. The highest BCUT2D eigenvalue weighted by atomic mass is 16.5. The van der Waals surface area contributed by atoms with Crippen molar-refractivity contribution in [1.82, 2.24) is 0 Å². The van der Waals surface area contributed by atoms with Crippen LogP contribution in [-0.2, 0) is 11.3 Å². The Bertz CT molecular complexity index is 829. The fourth-order valence-electron chi connectivity index (χ4n) is 3.36. The van der Waals surface area contributed by atoms with Gasteiger partial charge in [0.2, 0.25) is 5.91 Å². The van der Waals surface area contributed by atoms with E-state index in [0.717, 1.165) is 37.2 Å². The molecule has 3 rings (SSSR count). The zero-order chi connectivity index (χ0) is 19.2. The number of piperidine rings is 1. The highest BCUT2D eigenvalue weighted by Gasteiger charge is 2.18. The Hall–Kier alpha value is -2.86. The van der Waals surface area contributed by atoms with Crippen LogP contribution in [0.4, 0.5) is 11.4 Å². The Morgan fingerprint density at radius 1 is 1.07 bits per heavy atom. The summed E-state index contributed by atoms with van der Waals surface area (Å²) in [5.74, 6) is -0.745. The van der Waals surface area contributed by atoms with Gasteiger partial charge in [0.1, 0.15) is 0 Å². The second-order valence-electron chi connectivity index (χ2n) is 6.73. The monoisotopic (exact) mass is 367 g/mol. The number of methoxy groups -OCH3 is 1. The van der Waals surface area contributed by atoms with Gasteiger partial charge in [-0.25, -0.2) is 0 Å². The number of rotatable bonds is 6. The van der Waals surface area contributed by atoms with Gasteiger partial charge >= 0.3 is 0 Å². The molecule has 0 atom stereocenters. The Morgan fingerprint density at radius 3 is 2.56 bits per heavy atom. The van der Waals surface area contributed by atoms with Crippen molar-refractivity contribution in [2.45, 2.75) is 25.9 Å². The van der Waals surface area contributed by atoms with E-state index in [0.29, 0.717) is 23.4 Å². The molecule has 1 aliphatic heterocycles. The Kier molecular flexibility index (Phi) is 6.08. The minimum absolute atomic E-state index is 0.229. The predicted molar refractivity (Wildman–Crippen MR) is 106 cm³/mol. The summed E-state index contributed by atoms with van der Waals surface area (Å²) in [5.41, 5.74) is 8.79. The molecule has 6 heteroatoms. The van der Waals surface area contributed by atoms with Crippen LogP contribution in [0.25, 0.3) is 0 Å². The fourth-order valence-corrected chi connectivity index (χ4v) is 3.36. The number of nitrogens with two attached hydrogens (primary N) is 1. The smallest absolute Gasteiger partial charge is 0.255 e. The summed E-state index contributed by atoms with van der Waals surface area (Å²) >= 11 is 0. The first-order valence-corrected chi connectivity index (χ1v) is 9.16. The van der Waals surface area contributed by atoms with Gasteiger partial charge in [-0.1, -0.05) is 12.1 Å². The third kappa shape index (κ3) is 4.65. The van der Waals surface area contributed by atoms with Gasteiger partial charge in [0.25, 0.3) is 5.91 Å². The molecular formula is C21H25N3O3. The Balaban J connectivity index is 1.89. The summed E-state index contributed by atoms with van der Waals surface area (Å²) in [5, 5.41) is 2.96. The van der Waals surface area contributed by atoms with Crippen LogP contribution in [0.2, 0.25) is 0 Å². The van der Waals surface area contributed by atoms with E-state index < -0.39 is 5.91 Å². The minimum atomic E-state index is -0.516. The van der Waals surface area contributed by atoms with E-state index >= 15 is 0 Å². The predicted octanol–water partition coefficient (Wildman–Crippen LogP) is 3.17. The number of nitrogens with one attached hydrogen (secondary N) is 1. The zero-order valence-electron chi connectivity index (χ0n) is 15.5. The lowest BCUT2D eigenvalue weighted by Crippen LogP contribution is -2.30. The van der Waals surface area contributed by atoms with Gasteiger partial charge in [-0.3, -0.25) is 9.59 Å². The van der Waals surface area contributed by atoms with Gasteiger partial charge in [-0.05, 0) is 55.2 Å². The largest absolute Gasteiger partial charge is 0.380 e. The third-order valence-corrected chi connectivity index (χ3v) is 4.73. The SMILES string of the molecule is COCc1cccc(C(=O)Nc2cc(C(N)=O)ccc2N2CCCCC2)c1. The number of hydrogen-bond donors (Lipinski definition) is 2. The normalized spacial score (nSPS) is 14.0. The van der Waals surface area contributed by atoms with Crippen molar-refractivity contribution in [1.29, 1.82) is 0 Å². The average molecular weight is 367 g/mol. The van der Waals surface area contributed by atoms with E-state index in [1.165, 1.54) is 6.42 Å². The Morgan fingerprint density at radius 2 is 1.85 bits per heavy atom.